The van der Waals surface area contributed by atoms with Crippen molar-refractivity contribution in [1.29, 1.82) is 0 Å². The average molecular weight is 240 g/mol. The molecule has 0 unspecified atom stereocenters. The van der Waals surface area contributed by atoms with Crippen LogP contribution in [0.3, 0.4) is 0 Å². The molecule has 0 aliphatic heterocycles. The van der Waals surface area contributed by atoms with Gasteiger partial charge in [0, 0.05) is 18.0 Å². The molecule has 4 heteroatoms. The van der Waals surface area contributed by atoms with Crippen LogP contribution < -0.4 is 5.56 Å². The van der Waals surface area contributed by atoms with Gasteiger partial charge >= 0.3 is 0 Å². The second kappa shape index (κ2) is 3.77. The molecule has 0 saturated carbocycles. The zero-order valence-corrected chi connectivity index (χ0v) is 9.84. The van der Waals surface area contributed by atoms with E-state index >= 15 is 0 Å². The van der Waals surface area contributed by atoms with Crippen LogP contribution in [0.15, 0.2) is 47.4 Å². The van der Waals surface area contributed by atoms with Crippen molar-refractivity contribution in [3.05, 3.63) is 58.5 Å². The summed E-state index contributed by atoms with van der Waals surface area (Å²) in [4.78, 5) is 14.0. The molecule has 0 amide bonds. The Hall–Kier alpha value is -2.49. The van der Waals surface area contributed by atoms with E-state index in [1.165, 1.54) is 11.6 Å². The highest BCUT2D eigenvalue weighted by Crippen LogP contribution is 2.25. The average Bonchev–Trinajstić information content (AvgIpc) is 2.74. The predicted octanol–water partition coefficient (Wildman–Crippen LogP) is 2.33. The molecule has 0 aliphatic rings. The first-order chi connectivity index (χ1) is 8.65. The van der Waals surface area contributed by atoms with Crippen molar-refractivity contribution in [3.8, 4) is 11.4 Å². The lowest BCUT2D eigenvalue weighted by Gasteiger charge is -2.06. The van der Waals surface area contributed by atoms with Crippen LogP contribution in [0.4, 0.5) is 0 Å². The van der Waals surface area contributed by atoms with Crippen molar-refractivity contribution in [1.82, 2.24) is 9.55 Å². The number of aromatic nitrogens is 2. The SMILES string of the molecule is Cc1ccc(-n2ccc3[nH]c(=O)cc(O)c32)cc1. The number of aromatic hydroxyl groups is 1. The predicted molar refractivity (Wildman–Crippen MR) is 70.3 cm³/mol. The van der Waals surface area contributed by atoms with Crippen molar-refractivity contribution < 1.29 is 5.11 Å². The van der Waals surface area contributed by atoms with Gasteiger partial charge in [0.25, 0.3) is 5.56 Å². The third-order valence-corrected chi connectivity index (χ3v) is 2.97. The standard InChI is InChI=1S/C14H12N2O2/c1-9-2-4-10(5-3-9)16-7-6-11-14(16)12(17)8-13(18)15-11/h2-8H,1H3,(H2,15,17,18). The smallest absolute Gasteiger partial charge is 0.252 e. The lowest BCUT2D eigenvalue weighted by atomic mass is 10.2. The molecule has 2 N–H and O–H groups in total. The van der Waals surface area contributed by atoms with Crippen molar-refractivity contribution in [2.24, 2.45) is 0 Å². The number of pyridine rings is 1. The van der Waals surface area contributed by atoms with E-state index in [1.807, 2.05) is 42.0 Å². The Balaban J connectivity index is 2.30. The Morgan fingerprint density at radius 3 is 2.61 bits per heavy atom. The van der Waals surface area contributed by atoms with Crippen molar-refractivity contribution >= 4 is 11.0 Å². The van der Waals surface area contributed by atoms with Gasteiger partial charge in [-0.3, -0.25) is 4.79 Å². The number of rotatable bonds is 1. The summed E-state index contributed by atoms with van der Waals surface area (Å²) < 4.78 is 1.85. The van der Waals surface area contributed by atoms with E-state index in [2.05, 4.69) is 4.98 Å². The summed E-state index contributed by atoms with van der Waals surface area (Å²) in [6.07, 6.45) is 1.82. The first kappa shape index (κ1) is 10.7. The van der Waals surface area contributed by atoms with Crippen LogP contribution in [0.1, 0.15) is 5.56 Å². The van der Waals surface area contributed by atoms with E-state index in [-0.39, 0.29) is 11.3 Å². The number of benzene rings is 1. The fraction of sp³-hybridized carbons (Fsp3) is 0.0714. The van der Waals surface area contributed by atoms with Gasteiger partial charge in [-0.05, 0) is 25.1 Å². The number of hydrogen-bond donors (Lipinski definition) is 2. The van der Waals surface area contributed by atoms with Gasteiger partial charge in [0.2, 0.25) is 0 Å². The molecule has 3 rings (SSSR count). The number of nitrogens with zero attached hydrogens (tertiary/aromatic N) is 1. The van der Waals surface area contributed by atoms with E-state index in [0.29, 0.717) is 11.0 Å². The number of H-pyrrole nitrogens is 1. The van der Waals surface area contributed by atoms with Gasteiger partial charge in [0.05, 0.1) is 5.52 Å². The molecule has 0 spiro atoms. The first-order valence-corrected chi connectivity index (χ1v) is 5.65. The van der Waals surface area contributed by atoms with E-state index in [4.69, 9.17) is 0 Å². The van der Waals surface area contributed by atoms with Crippen molar-refractivity contribution in [2.75, 3.05) is 0 Å². The minimum absolute atomic E-state index is 0.0145. The minimum Gasteiger partial charge on any atom is -0.505 e. The summed E-state index contributed by atoms with van der Waals surface area (Å²) in [7, 11) is 0. The fourth-order valence-corrected chi connectivity index (χ4v) is 2.08. The molecule has 18 heavy (non-hydrogen) atoms. The molecule has 0 radical (unpaired) electrons. The molecule has 0 fully saturated rings. The minimum atomic E-state index is -0.304. The Morgan fingerprint density at radius 1 is 1.17 bits per heavy atom. The quantitative estimate of drug-likeness (QED) is 0.685. The van der Waals surface area contributed by atoms with Crippen molar-refractivity contribution in [3.63, 3.8) is 0 Å². The van der Waals surface area contributed by atoms with Crippen molar-refractivity contribution in [2.45, 2.75) is 6.92 Å². The van der Waals surface area contributed by atoms with Gasteiger partial charge < -0.3 is 14.7 Å². The normalized spacial score (nSPS) is 10.9. The zero-order chi connectivity index (χ0) is 12.7. The van der Waals surface area contributed by atoms with Gasteiger partial charge in [0.15, 0.2) is 0 Å². The Morgan fingerprint density at radius 2 is 1.89 bits per heavy atom. The second-order valence-corrected chi connectivity index (χ2v) is 4.30. The van der Waals surface area contributed by atoms with Crippen LogP contribution >= 0.6 is 0 Å². The van der Waals surface area contributed by atoms with Gasteiger partial charge in [-0.2, -0.15) is 0 Å². The maximum atomic E-state index is 11.3. The van der Waals surface area contributed by atoms with Gasteiger partial charge in [-0.1, -0.05) is 17.7 Å². The molecular weight excluding hydrogens is 228 g/mol. The molecule has 2 aromatic heterocycles. The maximum Gasteiger partial charge on any atom is 0.252 e. The van der Waals surface area contributed by atoms with E-state index in [1.54, 1.807) is 6.07 Å². The second-order valence-electron chi connectivity index (χ2n) is 4.30. The van der Waals surface area contributed by atoms with Gasteiger partial charge in [0.1, 0.15) is 11.3 Å². The molecule has 2 heterocycles. The highest BCUT2D eigenvalue weighted by molar-refractivity contribution is 5.83. The maximum absolute atomic E-state index is 11.3. The van der Waals surface area contributed by atoms with Crippen LogP contribution in [-0.2, 0) is 0 Å². The third-order valence-electron chi connectivity index (χ3n) is 2.97. The third kappa shape index (κ3) is 1.59. The van der Waals surface area contributed by atoms with Crippen LogP contribution in [0.5, 0.6) is 5.75 Å². The number of aryl methyl sites for hydroxylation is 1. The fourth-order valence-electron chi connectivity index (χ4n) is 2.08. The van der Waals surface area contributed by atoms with Gasteiger partial charge in [-0.15, -0.1) is 0 Å². The molecule has 1 aromatic carbocycles. The molecule has 90 valence electrons. The highest BCUT2D eigenvalue weighted by atomic mass is 16.3. The molecule has 0 saturated heterocycles. The first-order valence-electron chi connectivity index (χ1n) is 5.65. The summed E-state index contributed by atoms with van der Waals surface area (Å²) >= 11 is 0. The number of fused-ring (bicyclic) bond motifs is 1. The summed E-state index contributed by atoms with van der Waals surface area (Å²) in [5.41, 5.74) is 3.05. The summed E-state index contributed by atoms with van der Waals surface area (Å²) in [5.74, 6) is -0.0145. The monoisotopic (exact) mass is 240 g/mol. The lowest BCUT2D eigenvalue weighted by Crippen LogP contribution is -2.03. The van der Waals surface area contributed by atoms with E-state index in [9.17, 15) is 9.90 Å². The van der Waals surface area contributed by atoms with Crippen LogP contribution in [-0.4, -0.2) is 14.7 Å². The molecular formula is C14H12N2O2. The number of aromatic amines is 1. The Kier molecular flexibility index (Phi) is 2.23. The molecule has 3 aromatic rings. The molecule has 4 nitrogen and oxygen atoms in total. The Bertz CT molecular complexity index is 767. The van der Waals surface area contributed by atoms with Crippen LogP contribution in [0.25, 0.3) is 16.7 Å². The molecule has 0 aliphatic carbocycles. The summed E-state index contributed by atoms with van der Waals surface area (Å²) in [5, 5.41) is 9.90. The molecule has 0 bridgehead atoms. The summed E-state index contributed by atoms with van der Waals surface area (Å²) in [6, 6.07) is 10.9. The van der Waals surface area contributed by atoms with Crippen LogP contribution in [0.2, 0.25) is 0 Å². The highest BCUT2D eigenvalue weighted by Gasteiger charge is 2.08. The van der Waals surface area contributed by atoms with E-state index in [0.717, 1.165) is 5.69 Å². The van der Waals surface area contributed by atoms with E-state index < -0.39 is 0 Å². The summed E-state index contributed by atoms with van der Waals surface area (Å²) in [6.45, 7) is 2.02. The number of hydrogen-bond acceptors (Lipinski definition) is 2. The topological polar surface area (TPSA) is 58.0 Å². The number of nitrogens with one attached hydrogen (secondary N) is 1. The molecule has 0 atom stereocenters. The lowest BCUT2D eigenvalue weighted by molar-refractivity contribution is 0.478. The largest absolute Gasteiger partial charge is 0.505 e. The van der Waals surface area contributed by atoms with Gasteiger partial charge in [-0.25, -0.2) is 0 Å². The van der Waals surface area contributed by atoms with Crippen LogP contribution in [0, 0.1) is 6.92 Å². The Labute approximate surface area is 103 Å². The zero-order valence-electron chi connectivity index (χ0n) is 9.84.